The van der Waals surface area contributed by atoms with Crippen LogP contribution in [0.1, 0.15) is 41.7 Å². The summed E-state index contributed by atoms with van der Waals surface area (Å²) in [4.78, 5) is 21.6. The van der Waals surface area contributed by atoms with Crippen LogP contribution in [-0.2, 0) is 10.9 Å². The molecule has 1 unspecified atom stereocenters. The van der Waals surface area contributed by atoms with Crippen LogP contribution >= 0.6 is 0 Å². The van der Waals surface area contributed by atoms with Gasteiger partial charge in [-0.05, 0) is 25.7 Å². The zero-order chi connectivity index (χ0) is 19.0. The van der Waals surface area contributed by atoms with Crippen LogP contribution in [0, 0.1) is 0 Å². The van der Waals surface area contributed by atoms with Crippen molar-refractivity contribution in [1.29, 1.82) is 0 Å². The van der Waals surface area contributed by atoms with Gasteiger partial charge >= 0.3 is 6.18 Å². The molecule has 10 heteroatoms. The van der Waals surface area contributed by atoms with Gasteiger partial charge in [0.2, 0.25) is 5.95 Å². The first-order chi connectivity index (χ1) is 12.9. The number of rotatable bonds is 3. The second-order valence-electron chi connectivity index (χ2n) is 7.31. The van der Waals surface area contributed by atoms with E-state index in [2.05, 4.69) is 20.6 Å². The van der Waals surface area contributed by atoms with Crippen LogP contribution in [0.25, 0.3) is 0 Å². The van der Waals surface area contributed by atoms with Crippen LogP contribution in [0.3, 0.4) is 0 Å². The van der Waals surface area contributed by atoms with Crippen molar-refractivity contribution in [2.75, 3.05) is 31.6 Å². The maximum atomic E-state index is 13.5. The van der Waals surface area contributed by atoms with E-state index in [0.29, 0.717) is 25.3 Å². The fraction of sp³-hybridized carbons (Fsp3) is 0.706. The number of nitrogens with zero attached hydrogens (tertiary/aromatic N) is 3. The second-order valence-corrected chi connectivity index (χ2v) is 7.31. The summed E-state index contributed by atoms with van der Waals surface area (Å²) in [5.74, 6) is -0.788. The maximum absolute atomic E-state index is 13.5. The lowest BCUT2D eigenvalue weighted by molar-refractivity contribution is -0.141. The van der Waals surface area contributed by atoms with Gasteiger partial charge in [0.05, 0.1) is 18.8 Å². The van der Waals surface area contributed by atoms with Gasteiger partial charge in [0.15, 0.2) is 5.69 Å². The van der Waals surface area contributed by atoms with Crippen molar-refractivity contribution in [3.05, 3.63) is 17.5 Å². The molecule has 1 aromatic rings. The third kappa shape index (κ3) is 4.01. The number of nitrogens with one attached hydrogen (secondary N) is 2. The zero-order valence-corrected chi connectivity index (χ0v) is 14.8. The van der Waals surface area contributed by atoms with Crippen molar-refractivity contribution in [2.24, 2.45) is 0 Å². The number of piperidine rings is 1. The highest BCUT2D eigenvalue weighted by molar-refractivity contribution is 5.95. The normalized spacial score (nSPS) is 28.3. The molecule has 27 heavy (non-hydrogen) atoms. The van der Waals surface area contributed by atoms with Crippen molar-refractivity contribution < 1.29 is 22.7 Å². The van der Waals surface area contributed by atoms with Gasteiger partial charge in [-0.3, -0.25) is 4.79 Å². The van der Waals surface area contributed by atoms with Crippen LogP contribution in [0.5, 0.6) is 0 Å². The molecule has 1 amide bonds. The summed E-state index contributed by atoms with van der Waals surface area (Å²) in [5.41, 5.74) is -1.70. The highest BCUT2D eigenvalue weighted by atomic mass is 19.4. The van der Waals surface area contributed by atoms with Gasteiger partial charge in [0, 0.05) is 37.4 Å². The minimum Gasteiger partial charge on any atom is -0.378 e. The molecule has 0 aromatic carbocycles. The molecular formula is C17H22F3N5O2. The van der Waals surface area contributed by atoms with Gasteiger partial charge in [0.25, 0.3) is 5.91 Å². The molecule has 148 valence electrons. The van der Waals surface area contributed by atoms with Gasteiger partial charge in [-0.25, -0.2) is 9.97 Å². The molecule has 2 N–H and O–H groups in total. The minimum atomic E-state index is -4.73. The molecule has 2 bridgehead atoms. The van der Waals surface area contributed by atoms with E-state index < -0.39 is 23.3 Å². The van der Waals surface area contributed by atoms with E-state index in [1.165, 1.54) is 4.90 Å². The summed E-state index contributed by atoms with van der Waals surface area (Å²) in [6.45, 7) is 1.14. The maximum Gasteiger partial charge on any atom is 0.434 e. The van der Waals surface area contributed by atoms with Crippen LogP contribution in [0.4, 0.5) is 19.1 Å². The first-order valence-corrected chi connectivity index (χ1v) is 9.24. The number of aromatic nitrogens is 2. The van der Waals surface area contributed by atoms with E-state index >= 15 is 0 Å². The highest BCUT2D eigenvalue weighted by Gasteiger charge is 2.40. The molecule has 1 aromatic heterocycles. The zero-order valence-electron chi connectivity index (χ0n) is 14.8. The second kappa shape index (κ2) is 7.23. The molecule has 0 saturated carbocycles. The van der Waals surface area contributed by atoms with Gasteiger partial charge < -0.3 is 20.3 Å². The van der Waals surface area contributed by atoms with E-state index in [9.17, 15) is 18.0 Å². The predicted octanol–water partition coefficient (Wildman–Crippen LogP) is 1.66. The third-order valence-electron chi connectivity index (χ3n) is 5.39. The number of hydrogen-bond donors (Lipinski definition) is 2. The number of fused-ring (bicyclic) bond motifs is 2. The third-order valence-corrected chi connectivity index (χ3v) is 5.39. The fourth-order valence-electron chi connectivity index (χ4n) is 4.12. The van der Waals surface area contributed by atoms with Crippen molar-refractivity contribution >= 4 is 11.9 Å². The van der Waals surface area contributed by atoms with Crippen molar-refractivity contribution in [3.63, 3.8) is 0 Å². The fourth-order valence-corrected chi connectivity index (χ4v) is 4.12. The summed E-state index contributed by atoms with van der Waals surface area (Å²) < 4.78 is 45.8. The molecule has 3 aliphatic heterocycles. The molecule has 3 atom stereocenters. The Morgan fingerprint density at radius 2 is 1.89 bits per heavy atom. The van der Waals surface area contributed by atoms with Gasteiger partial charge in [-0.15, -0.1) is 0 Å². The summed E-state index contributed by atoms with van der Waals surface area (Å²) in [5, 5.41) is 6.51. The van der Waals surface area contributed by atoms with E-state index in [1.54, 1.807) is 0 Å². The number of halogens is 3. The molecule has 4 rings (SSSR count). The Balaban J connectivity index is 1.55. The van der Waals surface area contributed by atoms with E-state index in [-0.39, 0.29) is 25.1 Å². The molecule has 7 nitrogen and oxygen atoms in total. The number of hydrogen-bond acceptors (Lipinski definition) is 6. The lowest BCUT2D eigenvalue weighted by Crippen LogP contribution is -2.43. The van der Waals surface area contributed by atoms with E-state index in [0.717, 1.165) is 31.9 Å². The summed E-state index contributed by atoms with van der Waals surface area (Å²) in [6, 6.07) is 0.821. The number of carbonyl (C=O) groups excluding carboxylic acids is 1. The Labute approximate surface area is 154 Å². The first-order valence-electron chi connectivity index (χ1n) is 9.24. The van der Waals surface area contributed by atoms with Gasteiger partial charge in [-0.1, -0.05) is 0 Å². The Kier molecular flexibility index (Phi) is 4.94. The predicted molar refractivity (Wildman–Crippen MR) is 90.3 cm³/mol. The molecule has 4 heterocycles. The average molecular weight is 385 g/mol. The smallest absolute Gasteiger partial charge is 0.378 e. The van der Waals surface area contributed by atoms with Gasteiger partial charge in [-0.2, -0.15) is 13.2 Å². The number of alkyl halides is 3. The monoisotopic (exact) mass is 385 g/mol. The summed E-state index contributed by atoms with van der Waals surface area (Å²) in [7, 11) is 0. The molecule has 3 aliphatic rings. The number of ether oxygens (including phenoxy) is 1. The SMILES string of the molecule is O=C(c1cnc(NC2C[C@H]3CC[C@@H](C2)N3)nc1C(F)(F)F)N1CCOCC1. The minimum absolute atomic E-state index is 0.0330. The quantitative estimate of drug-likeness (QED) is 0.824. The first kappa shape index (κ1) is 18.4. The Hall–Kier alpha value is -1.94. The van der Waals surface area contributed by atoms with E-state index in [4.69, 9.17) is 4.74 Å². The van der Waals surface area contributed by atoms with Crippen molar-refractivity contribution in [2.45, 2.75) is 50.0 Å². The lowest BCUT2D eigenvalue weighted by Gasteiger charge is -2.30. The summed E-state index contributed by atoms with van der Waals surface area (Å²) >= 11 is 0. The largest absolute Gasteiger partial charge is 0.434 e. The molecule has 0 aliphatic carbocycles. The van der Waals surface area contributed by atoms with Crippen LogP contribution < -0.4 is 10.6 Å². The van der Waals surface area contributed by atoms with Crippen LogP contribution in [-0.4, -0.2) is 65.2 Å². The van der Waals surface area contributed by atoms with Crippen LogP contribution in [0.2, 0.25) is 0 Å². The number of anilines is 1. The Morgan fingerprint density at radius 3 is 2.52 bits per heavy atom. The Bertz CT molecular complexity index is 696. The van der Waals surface area contributed by atoms with Crippen LogP contribution in [0.15, 0.2) is 6.20 Å². The van der Waals surface area contributed by atoms with E-state index in [1.807, 2.05) is 0 Å². The number of carbonyl (C=O) groups is 1. The molecule has 3 fully saturated rings. The van der Waals surface area contributed by atoms with Crippen molar-refractivity contribution in [1.82, 2.24) is 20.2 Å². The van der Waals surface area contributed by atoms with Crippen molar-refractivity contribution in [3.8, 4) is 0 Å². The Morgan fingerprint density at radius 1 is 1.22 bits per heavy atom. The number of amides is 1. The van der Waals surface area contributed by atoms with Gasteiger partial charge in [0.1, 0.15) is 0 Å². The number of morpholine rings is 1. The highest BCUT2D eigenvalue weighted by Crippen LogP contribution is 2.33. The standard InChI is InChI=1S/C17H22F3N5O2/c18-17(19,20)14-13(15(26)25-3-5-27-6-4-25)9-21-16(24-14)23-12-7-10-1-2-11(8-12)22-10/h9-12,22H,1-8H2,(H,21,23,24)/t10-,11+,12?. The topological polar surface area (TPSA) is 79.4 Å². The molecule has 0 radical (unpaired) electrons. The average Bonchev–Trinajstić information content (AvgIpc) is 2.99. The summed E-state index contributed by atoms with van der Waals surface area (Å²) in [6.07, 6.45) is 0.0930. The lowest BCUT2D eigenvalue weighted by atomic mass is 10.00. The molecule has 0 spiro atoms. The molecular weight excluding hydrogens is 363 g/mol. The molecule has 3 saturated heterocycles.